The number of likely N-dealkylation sites (tertiary alicyclic amines) is 1. The van der Waals surface area contributed by atoms with E-state index in [4.69, 9.17) is 0 Å². The highest BCUT2D eigenvalue weighted by Gasteiger charge is 2.18. The predicted molar refractivity (Wildman–Crippen MR) is 62.5 cm³/mol. The molecule has 1 saturated heterocycles. The molecule has 0 unspecified atom stereocenters. The van der Waals surface area contributed by atoms with Crippen LogP contribution < -0.4 is 5.32 Å². The first kappa shape index (κ1) is 11.7. The zero-order valence-corrected chi connectivity index (χ0v) is 9.63. The van der Waals surface area contributed by atoms with Gasteiger partial charge in [-0.2, -0.15) is 0 Å². The Bertz CT molecular complexity index is 158. The molecule has 1 heterocycles. The fourth-order valence-electron chi connectivity index (χ4n) is 2.09. The van der Waals surface area contributed by atoms with Crippen molar-refractivity contribution in [2.45, 2.75) is 32.7 Å². The van der Waals surface area contributed by atoms with Crippen LogP contribution in [0.25, 0.3) is 0 Å². The molecule has 82 valence electrons. The highest BCUT2D eigenvalue weighted by atomic mass is 15.1. The second-order valence-corrected chi connectivity index (χ2v) is 4.67. The average Bonchev–Trinajstić information content (AvgIpc) is 2.16. The number of nitrogens with one attached hydrogen (secondary N) is 1. The summed E-state index contributed by atoms with van der Waals surface area (Å²) >= 11 is 0. The van der Waals surface area contributed by atoms with Crippen LogP contribution in [0.3, 0.4) is 0 Å². The van der Waals surface area contributed by atoms with Crippen molar-refractivity contribution < 1.29 is 0 Å². The molecule has 14 heavy (non-hydrogen) atoms. The van der Waals surface area contributed by atoms with Crippen molar-refractivity contribution in [2.75, 3.05) is 26.2 Å². The maximum atomic E-state index is 3.73. The maximum Gasteiger partial charge on any atom is 0.0134 e. The average molecular weight is 196 g/mol. The van der Waals surface area contributed by atoms with Crippen LogP contribution in [0.4, 0.5) is 0 Å². The number of rotatable bonds is 5. The quantitative estimate of drug-likeness (QED) is 0.675. The number of hydrogen-bond donors (Lipinski definition) is 1. The summed E-state index contributed by atoms with van der Waals surface area (Å²) in [5, 5.41) is 3.50. The van der Waals surface area contributed by atoms with Gasteiger partial charge < -0.3 is 10.2 Å². The Morgan fingerprint density at radius 1 is 1.43 bits per heavy atom. The first-order chi connectivity index (χ1) is 6.72. The summed E-state index contributed by atoms with van der Waals surface area (Å²) in [6, 6.07) is 0.719. The lowest BCUT2D eigenvalue weighted by atomic mass is 10.0. The normalized spacial score (nSPS) is 20.2. The summed E-state index contributed by atoms with van der Waals surface area (Å²) in [4.78, 5) is 2.58. The summed E-state index contributed by atoms with van der Waals surface area (Å²) in [5.41, 5.74) is 0. The molecule has 0 aromatic rings. The minimum Gasteiger partial charge on any atom is -0.310 e. The molecular formula is C12H24N2. The van der Waals surface area contributed by atoms with Gasteiger partial charge >= 0.3 is 0 Å². The smallest absolute Gasteiger partial charge is 0.0134 e. The minimum absolute atomic E-state index is 0.719. The first-order valence-corrected chi connectivity index (χ1v) is 5.79. The van der Waals surface area contributed by atoms with Gasteiger partial charge in [0.2, 0.25) is 0 Å². The third-order valence-electron chi connectivity index (χ3n) is 2.76. The van der Waals surface area contributed by atoms with E-state index in [1.807, 2.05) is 6.08 Å². The molecule has 1 aliphatic heterocycles. The second-order valence-electron chi connectivity index (χ2n) is 4.67. The van der Waals surface area contributed by atoms with Gasteiger partial charge in [0, 0.05) is 19.1 Å². The molecule has 1 rings (SSSR count). The van der Waals surface area contributed by atoms with Gasteiger partial charge in [0.1, 0.15) is 0 Å². The van der Waals surface area contributed by atoms with Crippen molar-refractivity contribution in [1.82, 2.24) is 10.2 Å². The standard InChI is InChI=1S/C12H24N2/c1-4-7-13-12-5-8-14(9-6-12)10-11(2)3/h4,11-13H,1,5-10H2,2-3H3. The van der Waals surface area contributed by atoms with Crippen molar-refractivity contribution in [2.24, 2.45) is 5.92 Å². The third kappa shape index (κ3) is 4.25. The largest absolute Gasteiger partial charge is 0.310 e. The molecule has 0 atom stereocenters. The van der Waals surface area contributed by atoms with Crippen LogP contribution >= 0.6 is 0 Å². The fourth-order valence-corrected chi connectivity index (χ4v) is 2.09. The van der Waals surface area contributed by atoms with Gasteiger partial charge in [-0.1, -0.05) is 19.9 Å². The van der Waals surface area contributed by atoms with Crippen LogP contribution in [-0.4, -0.2) is 37.1 Å². The van der Waals surface area contributed by atoms with Crippen LogP contribution in [0.15, 0.2) is 12.7 Å². The molecule has 0 saturated carbocycles. The molecular weight excluding hydrogens is 172 g/mol. The lowest BCUT2D eigenvalue weighted by Crippen LogP contribution is -2.43. The van der Waals surface area contributed by atoms with Gasteiger partial charge in [0.05, 0.1) is 0 Å². The molecule has 0 spiro atoms. The van der Waals surface area contributed by atoms with Gasteiger partial charge in [0.15, 0.2) is 0 Å². The van der Waals surface area contributed by atoms with Crippen LogP contribution in [-0.2, 0) is 0 Å². The Kier molecular flexibility index (Phi) is 5.20. The minimum atomic E-state index is 0.719. The molecule has 1 fully saturated rings. The van der Waals surface area contributed by atoms with Crippen LogP contribution in [0.5, 0.6) is 0 Å². The number of piperidine rings is 1. The van der Waals surface area contributed by atoms with E-state index in [1.165, 1.54) is 32.5 Å². The van der Waals surface area contributed by atoms with Crippen molar-refractivity contribution in [1.29, 1.82) is 0 Å². The van der Waals surface area contributed by atoms with E-state index < -0.39 is 0 Å². The molecule has 0 radical (unpaired) electrons. The predicted octanol–water partition coefficient (Wildman–Crippen LogP) is 1.88. The SMILES string of the molecule is C=CCNC1CCN(CC(C)C)CC1. The molecule has 0 bridgehead atoms. The Balaban J connectivity index is 2.14. The lowest BCUT2D eigenvalue weighted by Gasteiger charge is -2.33. The molecule has 2 nitrogen and oxygen atoms in total. The van der Waals surface area contributed by atoms with Gasteiger partial charge in [0.25, 0.3) is 0 Å². The molecule has 1 aliphatic rings. The van der Waals surface area contributed by atoms with E-state index in [0.29, 0.717) is 0 Å². The first-order valence-electron chi connectivity index (χ1n) is 5.79. The summed E-state index contributed by atoms with van der Waals surface area (Å²) in [7, 11) is 0. The molecule has 0 aliphatic carbocycles. The van der Waals surface area contributed by atoms with Crippen LogP contribution in [0, 0.1) is 5.92 Å². The van der Waals surface area contributed by atoms with E-state index in [0.717, 1.165) is 18.5 Å². The molecule has 0 amide bonds. The van der Waals surface area contributed by atoms with Crippen LogP contribution in [0.1, 0.15) is 26.7 Å². The summed E-state index contributed by atoms with van der Waals surface area (Å²) in [6.07, 6.45) is 4.53. The third-order valence-corrected chi connectivity index (χ3v) is 2.76. The number of nitrogens with zero attached hydrogens (tertiary/aromatic N) is 1. The Morgan fingerprint density at radius 3 is 2.57 bits per heavy atom. The second kappa shape index (κ2) is 6.20. The Morgan fingerprint density at radius 2 is 2.07 bits per heavy atom. The summed E-state index contributed by atoms with van der Waals surface area (Å²) in [5.74, 6) is 0.799. The fraction of sp³-hybridized carbons (Fsp3) is 0.833. The van der Waals surface area contributed by atoms with E-state index in [9.17, 15) is 0 Å². The Labute approximate surface area is 88.4 Å². The van der Waals surface area contributed by atoms with E-state index in [1.54, 1.807) is 0 Å². The van der Waals surface area contributed by atoms with Gasteiger partial charge in [-0.15, -0.1) is 6.58 Å². The van der Waals surface area contributed by atoms with Crippen molar-refractivity contribution in [3.05, 3.63) is 12.7 Å². The van der Waals surface area contributed by atoms with Crippen molar-refractivity contribution in [3.63, 3.8) is 0 Å². The summed E-state index contributed by atoms with van der Waals surface area (Å²) < 4.78 is 0. The highest BCUT2D eigenvalue weighted by Crippen LogP contribution is 2.11. The molecule has 0 aromatic carbocycles. The van der Waals surface area contributed by atoms with Crippen molar-refractivity contribution in [3.8, 4) is 0 Å². The Hall–Kier alpha value is -0.340. The van der Waals surface area contributed by atoms with Gasteiger partial charge in [-0.25, -0.2) is 0 Å². The van der Waals surface area contributed by atoms with Gasteiger partial charge in [-0.3, -0.25) is 0 Å². The van der Waals surface area contributed by atoms with E-state index in [-0.39, 0.29) is 0 Å². The van der Waals surface area contributed by atoms with E-state index in [2.05, 4.69) is 30.6 Å². The number of hydrogen-bond acceptors (Lipinski definition) is 2. The van der Waals surface area contributed by atoms with Crippen LogP contribution in [0.2, 0.25) is 0 Å². The topological polar surface area (TPSA) is 15.3 Å². The molecule has 0 aromatic heterocycles. The highest BCUT2D eigenvalue weighted by molar-refractivity contribution is 4.80. The van der Waals surface area contributed by atoms with E-state index >= 15 is 0 Å². The molecule has 1 N–H and O–H groups in total. The monoisotopic (exact) mass is 196 g/mol. The maximum absolute atomic E-state index is 3.73. The molecule has 2 heteroatoms. The zero-order chi connectivity index (χ0) is 10.4. The summed E-state index contributed by atoms with van der Waals surface area (Å²) in [6.45, 7) is 13.0. The lowest BCUT2D eigenvalue weighted by molar-refractivity contribution is 0.182. The van der Waals surface area contributed by atoms with Gasteiger partial charge in [-0.05, 0) is 31.8 Å². The van der Waals surface area contributed by atoms with Crippen molar-refractivity contribution >= 4 is 0 Å². The zero-order valence-electron chi connectivity index (χ0n) is 9.63.